The van der Waals surface area contributed by atoms with Crippen molar-refractivity contribution in [3.63, 3.8) is 0 Å². The van der Waals surface area contributed by atoms with Crippen molar-refractivity contribution in [3.05, 3.63) is 0 Å². The van der Waals surface area contributed by atoms with E-state index in [1.165, 1.54) is 0 Å². The van der Waals surface area contributed by atoms with Gasteiger partial charge < -0.3 is 2.85 Å². The van der Waals surface area contributed by atoms with Crippen LogP contribution in [-0.4, -0.2) is 10.1 Å². The van der Waals surface area contributed by atoms with Gasteiger partial charge in [-0.2, -0.15) is 0 Å². The molecule has 0 N–H and O–H groups in total. The standard InChI is InChI=1S/Be.2O.Ti.2H/q+2;;;;2*-1. The monoisotopic (exact) mass is 91.0 g/mol. The van der Waals surface area contributed by atoms with Crippen LogP contribution in [0.2, 0.25) is 0 Å². The van der Waals surface area contributed by atoms with Gasteiger partial charge in [0.15, 0.2) is 0 Å². The summed E-state index contributed by atoms with van der Waals surface area (Å²) in [5.41, 5.74) is 0. The van der Waals surface area contributed by atoms with Crippen LogP contribution in [0, 0.1) is 0 Å². The first kappa shape index (κ1) is 8.82. The average Bonchev–Trinajstić information content (AvgIpc) is 0.918. The summed E-state index contributed by atoms with van der Waals surface area (Å²) in [6.45, 7) is 0. The van der Waals surface area contributed by atoms with Crippen LogP contribution in [0.4, 0.5) is 0 Å². The Balaban J connectivity index is -0.00000000667. The molecule has 2 nitrogen and oxygen atoms in total. The number of hydrogen-bond acceptors (Lipinski definition) is 2. The van der Waals surface area contributed by atoms with E-state index in [1.807, 2.05) is 0 Å². The van der Waals surface area contributed by atoms with Gasteiger partial charge in [-0.05, 0) is 0 Å². The molecule has 0 aliphatic carbocycles. The van der Waals surface area contributed by atoms with Gasteiger partial charge in [-0.1, -0.05) is 0 Å². The van der Waals surface area contributed by atoms with E-state index in [1.54, 1.807) is 0 Å². The minimum atomic E-state index is -2.00. The van der Waals surface area contributed by atoms with E-state index in [0.29, 0.717) is 0 Å². The molecule has 0 unspecified atom stereocenters. The molecule has 0 fully saturated rings. The summed E-state index contributed by atoms with van der Waals surface area (Å²) in [6, 6.07) is 0. The first-order valence-electron chi connectivity index (χ1n) is 0.408. The molecule has 0 aliphatic heterocycles. The Kier molecular flexibility index (Phi) is 21.5. The molecule has 0 bridgehead atoms. The van der Waals surface area contributed by atoms with Gasteiger partial charge in [-0.3, -0.25) is 0 Å². The van der Waals surface area contributed by atoms with Crippen LogP contribution >= 0.6 is 0 Å². The van der Waals surface area contributed by atoms with Crippen molar-refractivity contribution in [1.82, 2.24) is 0 Å². The molecule has 4 heteroatoms. The van der Waals surface area contributed by atoms with Gasteiger partial charge >= 0.3 is 35.9 Å². The molecular formula is H2BeO2Ti. The summed E-state index contributed by atoms with van der Waals surface area (Å²) in [7, 11) is 0. The number of hydrogen-bond donors (Lipinski definition) is 0. The second-order valence-electron chi connectivity index (χ2n) is 0.0833. The van der Waals surface area contributed by atoms with Crippen LogP contribution < -0.4 is 0 Å². The Morgan fingerprint density at radius 3 is 1.50 bits per heavy atom. The predicted octanol–water partition coefficient (Wildman–Crippen LogP) is -0.396. The van der Waals surface area contributed by atoms with Gasteiger partial charge in [0, 0.05) is 0 Å². The van der Waals surface area contributed by atoms with Gasteiger partial charge in [-0.15, -0.1) is 0 Å². The first-order chi connectivity index (χ1) is 1.41. The van der Waals surface area contributed by atoms with E-state index >= 15 is 0 Å². The summed E-state index contributed by atoms with van der Waals surface area (Å²) in [5.74, 6) is 0. The maximum atomic E-state index is 8.50. The van der Waals surface area contributed by atoms with Crippen LogP contribution in [0.1, 0.15) is 2.85 Å². The summed E-state index contributed by atoms with van der Waals surface area (Å²) in [6.07, 6.45) is 0. The van der Waals surface area contributed by atoms with Gasteiger partial charge in [0.2, 0.25) is 0 Å². The molecule has 0 aromatic carbocycles. The number of rotatable bonds is 0. The third-order valence-corrected chi connectivity index (χ3v) is 0. The molecule has 0 amide bonds. The van der Waals surface area contributed by atoms with Crippen LogP contribution in [0.15, 0.2) is 0 Å². The maximum absolute atomic E-state index is 8.50. The van der Waals surface area contributed by atoms with Gasteiger partial charge in [0.05, 0.1) is 0 Å². The molecule has 20 valence electrons. The van der Waals surface area contributed by atoms with Crippen molar-refractivity contribution >= 4 is 10.1 Å². The Morgan fingerprint density at radius 1 is 1.50 bits per heavy atom. The second kappa shape index (κ2) is 9.76. The summed E-state index contributed by atoms with van der Waals surface area (Å²) < 4.78 is 17.0. The molecule has 0 aliphatic rings. The molecule has 4 heavy (non-hydrogen) atoms. The Hall–Kier alpha value is 0.483. The zero-order valence-corrected chi connectivity index (χ0v) is 3.59. The minimum absolute atomic E-state index is 0. The van der Waals surface area contributed by atoms with Crippen molar-refractivity contribution in [2.24, 2.45) is 0 Å². The van der Waals surface area contributed by atoms with Gasteiger partial charge in [-0.25, -0.2) is 0 Å². The van der Waals surface area contributed by atoms with Gasteiger partial charge in [0.1, 0.15) is 0 Å². The zero-order valence-electron chi connectivity index (χ0n) is 4.02. The summed E-state index contributed by atoms with van der Waals surface area (Å²) >= 11 is -2.00. The Labute approximate surface area is 39.3 Å². The van der Waals surface area contributed by atoms with E-state index in [4.69, 9.17) is 6.65 Å². The van der Waals surface area contributed by atoms with Crippen molar-refractivity contribution < 1.29 is 28.6 Å². The second-order valence-corrected chi connectivity index (χ2v) is 0.344. The third kappa shape index (κ3) is 23.4. The molecule has 0 saturated heterocycles. The van der Waals surface area contributed by atoms with Crippen molar-refractivity contribution in [2.45, 2.75) is 0 Å². The Bertz CT molecular complexity index is 32.5. The zero-order chi connectivity index (χ0) is 2.71. The van der Waals surface area contributed by atoms with Crippen molar-refractivity contribution in [3.8, 4) is 0 Å². The SMILES string of the molecule is [Be+2].[H-].[H-].[O]=[Ti]=[O]. The van der Waals surface area contributed by atoms with E-state index in [2.05, 4.69) is 0 Å². The fourth-order valence-corrected chi connectivity index (χ4v) is 0. The van der Waals surface area contributed by atoms with Crippen LogP contribution in [0.5, 0.6) is 0 Å². The molecule has 0 radical (unpaired) electrons. The van der Waals surface area contributed by atoms with Crippen LogP contribution in [0.3, 0.4) is 0 Å². The molecule has 0 aromatic rings. The van der Waals surface area contributed by atoms with Gasteiger partial charge in [0.25, 0.3) is 0 Å². The predicted molar refractivity (Wildman–Crippen MR) is 9.35 cm³/mol. The van der Waals surface area contributed by atoms with E-state index in [-0.39, 0.29) is 13.0 Å². The molecule has 0 saturated carbocycles. The molecule has 0 aromatic heterocycles. The molecule has 0 atom stereocenters. The summed E-state index contributed by atoms with van der Waals surface area (Å²) in [4.78, 5) is 0. The normalized spacial score (nSPS) is 2.00. The quantitative estimate of drug-likeness (QED) is 0.380. The molecule has 0 heterocycles. The molecule has 0 spiro atoms. The van der Waals surface area contributed by atoms with Crippen molar-refractivity contribution in [1.29, 1.82) is 0 Å². The summed E-state index contributed by atoms with van der Waals surface area (Å²) in [5, 5.41) is 0. The first-order valence-corrected chi connectivity index (χ1v) is 1.68. The van der Waals surface area contributed by atoms with Crippen LogP contribution in [-0.2, 0) is 25.7 Å². The van der Waals surface area contributed by atoms with Crippen molar-refractivity contribution in [2.75, 3.05) is 0 Å². The third-order valence-electron chi connectivity index (χ3n) is 0. The van der Waals surface area contributed by atoms with E-state index < -0.39 is 19.1 Å². The average molecular weight is 90.9 g/mol. The fraction of sp³-hybridized carbons (Fsp3) is 0. The van der Waals surface area contributed by atoms with Crippen LogP contribution in [0.25, 0.3) is 0 Å². The van der Waals surface area contributed by atoms with E-state index in [9.17, 15) is 0 Å². The topological polar surface area (TPSA) is 34.1 Å². The molecular weight excluding hydrogens is 88.9 g/mol. The van der Waals surface area contributed by atoms with E-state index in [0.717, 1.165) is 0 Å². The Morgan fingerprint density at radius 2 is 1.50 bits per heavy atom. The fourth-order valence-electron chi connectivity index (χ4n) is 0. The molecule has 0 rings (SSSR count).